The van der Waals surface area contributed by atoms with E-state index in [2.05, 4.69) is 17.2 Å². The number of para-hydroxylation sites is 1. The fourth-order valence-electron chi connectivity index (χ4n) is 4.13. The van der Waals surface area contributed by atoms with Crippen LogP contribution in [0.1, 0.15) is 55.5 Å². The summed E-state index contributed by atoms with van der Waals surface area (Å²) in [5, 5.41) is 3.38. The van der Waals surface area contributed by atoms with Crippen molar-refractivity contribution >= 4 is 42.6 Å². The number of hydrogen-bond donors (Lipinski definition) is 1. The smallest absolute Gasteiger partial charge is 0.257 e. The van der Waals surface area contributed by atoms with Gasteiger partial charge in [0, 0.05) is 18.2 Å². The first-order chi connectivity index (χ1) is 14.9. The van der Waals surface area contributed by atoms with E-state index in [9.17, 15) is 13.2 Å². The van der Waals surface area contributed by atoms with Gasteiger partial charge in [-0.25, -0.2) is 13.4 Å². The van der Waals surface area contributed by atoms with Gasteiger partial charge in [0.05, 0.1) is 15.1 Å². The van der Waals surface area contributed by atoms with E-state index >= 15 is 0 Å². The SMILES string of the molecule is CCc1cccc2sc(NC(=O)c3ccc(S(=O)(=O)N4CCCCC4CC)cc3)nc12. The van der Waals surface area contributed by atoms with Gasteiger partial charge in [0.1, 0.15) is 0 Å². The number of benzene rings is 2. The Morgan fingerprint density at radius 3 is 2.65 bits per heavy atom. The third kappa shape index (κ3) is 4.37. The summed E-state index contributed by atoms with van der Waals surface area (Å²) in [6.45, 7) is 4.66. The van der Waals surface area contributed by atoms with Crippen molar-refractivity contribution in [2.24, 2.45) is 0 Å². The predicted molar refractivity (Wildman–Crippen MR) is 125 cm³/mol. The zero-order chi connectivity index (χ0) is 22.0. The minimum atomic E-state index is -3.56. The number of nitrogens with one attached hydrogen (secondary N) is 1. The number of fused-ring (bicyclic) bond motifs is 1. The Morgan fingerprint density at radius 2 is 1.94 bits per heavy atom. The Kier molecular flexibility index (Phi) is 6.41. The molecule has 0 radical (unpaired) electrons. The minimum Gasteiger partial charge on any atom is -0.298 e. The maximum atomic E-state index is 13.1. The van der Waals surface area contributed by atoms with Crippen LogP contribution in [0.15, 0.2) is 47.4 Å². The van der Waals surface area contributed by atoms with Gasteiger partial charge < -0.3 is 0 Å². The van der Waals surface area contributed by atoms with Crippen LogP contribution in [0.2, 0.25) is 0 Å². The lowest BCUT2D eigenvalue weighted by Crippen LogP contribution is -2.43. The number of amides is 1. The van der Waals surface area contributed by atoms with Gasteiger partial charge in [0.25, 0.3) is 5.91 Å². The molecular weight excluding hydrogens is 430 g/mol. The van der Waals surface area contributed by atoms with E-state index in [0.717, 1.165) is 47.9 Å². The van der Waals surface area contributed by atoms with E-state index in [1.807, 2.05) is 25.1 Å². The van der Waals surface area contributed by atoms with E-state index in [1.54, 1.807) is 16.4 Å². The van der Waals surface area contributed by atoms with Crippen molar-refractivity contribution < 1.29 is 13.2 Å². The van der Waals surface area contributed by atoms with Gasteiger partial charge in [0.15, 0.2) is 5.13 Å². The zero-order valence-electron chi connectivity index (χ0n) is 17.8. The average Bonchev–Trinajstić information content (AvgIpc) is 3.21. The monoisotopic (exact) mass is 457 g/mol. The van der Waals surface area contributed by atoms with E-state index in [-0.39, 0.29) is 16.8 Å². The predicted octanol–water partition coefficient (Wildman–Crippen LogP) is 5.06. The van der Waals surface area contributed by atoms with Crippen molar-refractivity contribution in [1.29, 1.82) is 0 Å². The lowest BCUT2D eigenvalue weighted by molar-refractivity contribution is 0.102. The maximum absolute atomic E-state index is 13.1. The molecule has 1 aromatic heterocycles. The first kappa shape index (κ1) is 21.9. The highest BCUT2D eigenvalue weighted by Crippen LogP contribution is 2.30. The van der Waals surface area contributed by atoms with Gasteiger partial charge >= 0.3 is 0 Å². The molecule has 0 saturated carbocycles. The largest absolute Gasteiger partial charge is 0.298 e. The molecule has 1 atom stereocenters. The van der Waals surface area contributed by atoms with Crippen LogP contribution < -0.4 is 5.32 Å². The molecule has 31 heavy (non-hydrogen) atoms. The summed E-state index contributed by atoms with van der Waals surface area (Å²) < 4.78 is 28.9. The summed E-state index contributed by atoms with van der Waals surface area (Å²) >= 11 is 1.43. The molecule has 1 N–H and O–H groups in total. The Morgan fingerprint density at radius 1 is 1.16 bits per heavy atom. The fraction of sp³-hybridized carbons (Fsp3) is 0.391. The van der Waals surface area contributed by atoms with Crippen molar-refractivity contribution in [3.05, 3.63) is 53.6 Å². The van der Waals surface area contributed by atoms with Gasteiger partial charge in [-0.15, -0.1) is 0 Å². The van der Waals surface area contributed by atoms with Crippen LogP contribution in [-0.2, 0) is 16.4 Å². The second kappa shape index (κ2) is 9.06. The lowest BCUT2D eigenvalue weighted by Gasteiger charge is -2.34. The normalized spacial score (nSPS) is 17.7. The second-order valence-electron chi connectivity index (χ2n) is 7.79. The molecule has 1 fully saturated rings. The van der Waals surface area contributed by atoms with Crippen LogP contribution in [0.5, 0.6) is 0 Å². The van der Waals surface area contributed by atoms with Crippen molar-refractivity contribution in [2.45, 2.75) is 56.9 Å². The number of carbonyl (C=O) groups is 1. The number of carbonyl (C=O) groups excluding carboxylic acids is 1. The number of sulfonamides is 1. The van der Waals surface area contributed by atoms with Crippen LogP contribution in [0.25, 0.3) is 10.2 Å². The molecule has 1 saturated heterocycles. The minimum absolute atomic E-state index is 0.0498. The van der Waals surface area contributed by atoms with Crippen molar-refractivity contribution in [2.75, 3.05) is 11.9 Å². The van der Waals surface area contributed by atoms with Gasteiger partial charge in [-0.2, -0.15) is 4.31 Å². The Labute approximate surface area is 187 Å². The van der Waals surface area contributed by atoms with E-state index in [0.29, 0.717) is 17.2 Å². The molecule has 2 heterocycles. The molecule has 1 aliphatic heterocycles. The summed E-state index contributed by atoms with van der Waals surface area (Å²) in [7, 11) is -3.56. The topological polar surface area (TPSA) is 79.4 Å². The molecule has 0 bridgehead atoms. The Hall–Kier alpha value is -2.29. The maximum Gasteiger partial charge on any atom is 0.257 e. The lowest BCUT2D eigenvalue weighted by atomic mass is 10.0. The molecule has 3 aromatic rings. The Bertz CT molecular complexity index is 1190. The number of anilines is 1. The molecular formula is C23H27N3O3S2. The van der Waals surface area contributed by atoms with Crippen LogP contribution in [-0.4, -0.2) is 36.2 Å². The van der Waals surface area contributed by atoms with E-state index in [1.165, 1.54) is 23.5 Å². The van der Waals surface area contributed by atoms with Crippen LogP contribution >= 0.6 is 11.3 Å². The van der Waals surface area contributed by atoms with Gasteiger partial charge in [0.2, 0.25) is 10.0 Å². The molecule has 0 spiro atoms. The summed E-state index contributed by atoms with van der Waals surface area (Å²) in [4.78, 5) is 17.5. The molecule has 1 unspecified atom stereocenters. The molecule has 164 valence electrons. The van der Waals surface area contributed by atoms with Crippen LogP contribution in [0, 0.1) is 0 Å². The highest BCUT2D eigenvalue weighted by atomic mass is 32.2. The third-order valence-corrected chi connectivity index (χ3v) is 8.77. The van der Waals surface area contributed by atoms with Crippen LogP contribution in [0.4, 0.5) is 5.13 Å². The summed E-state index contributed by atoms with van der Waals surface area (Å²) in [5.41, 5.74) is 2.46. The molecule has 4 rings (SSSR count). The van der Waals surface area contributed by atoms with E-state index in [4.69, 9.17) is 0 Å². The molecule has 1 amide bonds. The Balaban J connectivity index is 1.52. The molecule has 2 aromatic carbocycles. The average molecular weight is 458 g/mol. The number of aromatic nitrogens is 1. The number of nitrogens with zero attached hydrogens (tertiary/aromatic N) is 2. The third-order valence-electron chi connectivity index (χ3n) is 5.87. The van der Waals surface area contributed by atoms with Gasteiger partial charge in [-0.1, -0.05) is 43.7 Å². The first-order valence-corrected chi connectivity index (χ1v) is 13.0. The van der Waals surface area contributed by atoms with Crippen LogP contribution in [0.3, 0.4) is 0 Å². The summed E-state index contributed by atoms with van der Waals surface area (Å²) in [6.07, 6.45) is 4.54. The second-order valence-corrected chi connectivity index (χ2v) is 10.7. The highest BCUT2D eigenvalue weighted by molar-refractivity contribution is 7.89. The quantitative estimate of drug-likeness (QED) is 0.561. The van der Waals surface area contributed by atoms with Crippen molar-refractivity contribution in [1.82, 2.24) is 9.29 Å². The zero-order valence-corrected chi connectivity index (χ0v) is 19.4. The standard InChI is InChI=1S/C23H27N3O3S2/c1-3-16-8-7-10-20-21(16)24-23(30-20)25-22(27)17-11-13-19(14-12-17)31(28,29)26-15-6-5-9-18(26)4-2/h7-8,10-14,18H,3-6,9,15H2,1-2H3,(H,24,25,27). The molecule has 6 nitrogen and oxygen atoms in total. The first-order valence-electron chi connectivity index (χ1n) is 10.8. The fourth-order valence-corrected chi connectivity index (χ4v) is 6.80. The number of hydrogen-bond acceptors (Lipinski definition) is 5. The molecule has 8 heteroatoms. The van der Waals surface area contributed by atoms with Crippen molar-refractivity contribution in [3.63, 3.8) is 0 Å². The number of aryl methyl sites for hydroxylation is 1. The van der Waals surface area contributed by atoms with Gasteiger partial charge in [-0.05, 0) is 61.6 Å². The summed E-state index contributed by atoms with van der Waals surface area (Å²) in [6, 6.07) is 12.3. The number of piperidine rings is 1. The number of thiazole rings is 1. The highest BCUT2D eigenvalue weighted by Gasteiger charge is 2.32. The summed E-state index contributed by atoms with van der Waals surface area (Å²) in [5.74, 6) is -0.301. The molecule has 1 aliphatic rings. The van der Waals surface area contributed by atoms with E-state index < -0.39 is 10.0 Å². The molecule has 0 aliphatic carbocycles. The van der Waals surface area contributed by atoms with Gasteiger partial charge in [-0.3, -0.25) is 10.1 Å². The van der Waals surface area contributed by atoms with Crippen molar-refractivity contribution in [3.8, 4) is 0 Å². The number of rotatable bonds is 6.